The number of rotatable bonds is 5. The molecule has 0 saturated heterocycles. The second-order valence-electron chi connectivity index (χ2n) is 8.53. The highest BCUT2D eigenvalue weighted by Gasteiger charge is 2.27. The fourth-order valence-electron chi connectivity index (χ4n) is 4.34. The molecule has 6 nitrogen and oxygen atoms in total. The topological polar surface area (TPSA) is 66.4 Å². The summed E-state index contributed by atoms with van der Waals surface area (Å²) >= 11 is 0. The van der Waals surface area contributed by atoms with Gasteiger partial charge in [-0.15, -0.1) is 0 Å². The number of anilines is 1. The fraction of sp³-hybridized carbons (Fsp3) is 0.308. The largest absolute Gasteiger partial charge is 0.353 e. The Bertz CT molecular complexity index is 1130. The number of hydrogen-bond acceptors (Lipinski definition) is 3. The molecule has 32 heavy (non-hydrogen) atoms. The summed E-state index contributed by atoms with van der Waals surface area (Å²) in [5.74, 6) is -1.27. The van der Waals surface area contributed by atoms with Crippen LogP contribution in [0.15, 0.2) is 60.8 Å². The van der Waals surface area contributed by atoms with E-state index in [0.717, 1.165) is 36.3 Å². The predicted octanol–water partition coefficient (Wildman–Crippen LogP) is 3.50. The molecule has 166 valence electrons. The molecule has 2 heterocycles. The molecule has 1 aromatic heterocycles. The highest BCUT2D eigenvalue weighted by Crippen LogP contribution is 2.27. The molecule has 1 aliphatic rings. The molecule has 2 aromatic carbocycles. The molecule has 6 heteroatoms. The Balaban J connectivity index is 1.46. The van der Waals surface area contributed by atoms with Crippen LogP contribution in [-0.2, 0) is 29.6 Å². The van der Waals surface area contributed by atoms with Crippen molar-refractivity contribution in [2.45, 2.75) is 32.9 Å². The van der Waals surface area contributed by atoms with Crippen molar-refractivity contribution >= 4 is 17.5 Å². The van der Waals surface area contributed by atoms with Crippen molar-refractivity contribution in [2.75, 3.05) is 18.4 Å². The second kappa shape index (κ2) is 9.40. The Labute approximate surface area is 189 Å². The molecule has 0 saturated carbocycles. The van der Waals surface area contributed by atoms with E-state index in [9.17, 15) is 9.59 Å². The summed E-state index contributed by atoms with van der Waals surface area (Å²) in [6.07, 6.45) is 2.98. The number of hydrogen-bond donors (Lipinski definition) is 2. The highest BCUT2D eigenvalue weighted by molar-refractivity contribution is 6.39. The van der Waals surface area contributed by atoms with Crippen LogP contribution in [0.4, 0.5) is 5.69 Å². The van der Waals surface area contributed by atoms with Crippen molar-refractivity contribution in [3.8, 4) is 0 Å². The molecule has 0 radical (unpaired) electrons. The standard InChI is InChI=1S/C26H30N4O2/c1-18-10-11-19(2)22(15-18)28-26(32)25(31)27-16-24(23-9-6-13-29(23)3)30-14-12-20-7-4-5-8-21(20)17-30/h4-11,13,15,24H,12,14,16-17H2,1-3H3,(H,27,31)(H,28,32). The van der Waals surface area contributed by atoms with Crippen LogP contribution in [0.3, 0.4) is 0 Å². The van der Waals surface area contributed by atoms with Crippen LogP contribution in [0.2, 0.25) is 0 Å². The minimum absolute atomic E-state index is 0.0270. The minimum Gasteiger partial charge on any atom is -0.353 e. The lowest BCUT2D eigenvalue weighted by atomic mass is 9.98. The molecule has 2 amide bonds. The smallest absolute Gasteiger partial charge is 0.313 e. The van der Waals surface area contributed by atoms with Crippen molar-refractivity contribution in [3.05, 3.63) is 88.7 Å². The Hall–Kier alpha value is -3.38. The number of carbonyl (C=O) groups excluding carboxylic acids is 2. The van der Waals surface area contributed by atoms with E-state index in [1.54, 1.807) is 0 Å². The first-order valence-corrected chi connectivity index (χ1v) is 11.0. The predicted molar refractivity (Wildman–Crippen MR) is 126 cm³/mol. The zero-order valence-corrected chi connectivity index (χ0v) is 18.9. The second-order valence-corrected chi connectivity index (χ2v) is 8.53. The van der Waals surface area contributed by atoms with Gasteiger partial charge in [0.1, 0.15) is 0 Å². The van der Waals surface area contributed by atoms with Gasteiger partial charge in [-0.2, -0.15) is 0 Å². The van der Waals surface area contributed by atoms with E-state index in [1.807, 2.05) is 51.4 Å². The number of aryl methyl sites for hydroxylation is 3. The highest BCUT2D eigenvalue weighted by atomic mass is 16.2. The molecular formula is C26H30N4O2. The summed E-state index contributed by atoms with van der Waals surface area (Å²) in [6, 6.07) is 18.3. The Morgan fingerprint density at radius 3 is 2.53 bits per heavy atom. The van der Waals surface area contributed by atoms with Crippen molar-refractivity contribution in [1.82, 2.24) is 14.8 Å². The van der Waals surface area contributed by atoms with Crippen LogP contribution in [0.25, 0.3) is 0 Å². The number of amides is 2. The van der Waals surface area contributed by atoms with Gasteiger partial charge in [0.25, 0.3) is 0 Å². The van der Waals surface area contributed by atoms with Crippen molar-refractivity contribution in [1.29, 1.82) is 0 Å². The lowest BCUT2D eigenvalue weighted by Crippen LogP contribution is -2.44. The maximum atomic E-state index is 12.6. The SMILES string of the molecule is Cc1ccc(C)c(NC(=O)C(=O)NCC(c2cccn2C)N2CCc3ccccc3C2)c1. The van der Waals surface area contributed by atoms with Crippen molar-refractivity contribution in [2.24, 2.45) is 7.05 Å². The first-order valence-electron chi connectivity index (χ1n) is 11.0. The van der Waals surface area contributed by atoms with Crippen molar-refractivity contribution in [3.63, 3.8) is 0 Å². The quantitative estimate of drug-likeness (QED) is 0.609. The van der Waals surface area contributed by atoms with E-state index in [0.29, 0.717) is 12.2 Å². The van der Waals surface area contributed by atoms with Gasteiger partial charge in [0.2, 0.25) is 0 Å². The maximum absolute atomic E-state index is 12.6. The molecule has 0 aliphatic carbocycles. The number of benzene rings is 2. The maximum Gasteiger partial charge on any atom is 0.313 e. The normalized spacial score (nSPS) is 14.5. The number of nitrogens with one attached hydrogen (secondary N) is 2. The molecule has 1 atom stereocenters. The molecule has 3 aromatic rings. The van der Waals surface area contributed by atoms with Gasteiger partial charge >= 0.3 is 11.8 Å². The Morgan fingerprint density at radius 2 is 1.78 bits per heavy atom. The fourth-order valence-corrected chi connectivity index (χ4v) is 4.34. The van der Waals surface area contributed by atoms with Crippen LogP contribution in [0.1, 0.15) is 34.0 Å². The van der Waals surface area contributed by atoms with E-state index < -0.39 is 11.8 Å². The number of carbonyl (C=O) groups is 2. The summed E-state index contributed by atoms with van der Waals surface area (Å²) in [5.41, 5.74) is 6.42. The molecule has 1 unspecified atom stereocenters. The third-order valence-corrected chi connectivity index (χ3v) is 6.23. The average molecular weight is 431 g/mol. The van der Waals surface area contributed by atoms with E-state index >= 15 is 0 Å². The summed E-state index contributed by atoms with van der Waals surface area (Å²) in [6.45, 7) is 5.94. The molecule has 4 rings (SSSR count). The summed E-state index contributed by atoms with van der Waals surface area (Å²) in [4.78, 5) is 27.6. The Kier molecular flexibility index (Phi) is 6.42. The van der Waals surface area contributed by atoms with Gasteiger partial charge < -0.3 is 15.2 Å². The van der Waals surface area contributed by atoms with Gasteiger partial charge in [-0.1, -0.05) is 36.4 Å². The van der Waals surface area contributed by atoms with Gasteiger partial charge in [-0.05, 0) is 60.7 Å². The van der Waals surface area contributed by atoms with Crippen LogP contribution >= 0.6 is 0 Å². The summed E-state index contributed by atoms with van der Waals surface area (Å²) in [5, 5.41) is 5.61. The van der Waals surface area contributed by atoms with Gasteiger partial charge in [0, 0.05) is 44.3 Å². The first-order chi connectivity index (χ1) is 15.4. The monoisotopic (exact) mass is 430 g/mol. The lowest BCUT2D eigenvalue weighted by molar-refractivity contribution is -0.136. The molecule has 2 N–H and O–H groups in total. The number of aromatic nitrogens is 1. The Morgan fingerprint density at radius 1 is 1.00 bits per heavy atom. The van der Waals surface area contributed by atoms with Crippen molar-refractivity contribution < 1.29 is 9.59 Å². The molecule has 0 bridgehead atoms. The van der Waals surface area contributed by atoms with Gasteiger partial charge in [-0.25, -0.2) is 0 Å². The third kappa shape index (κ3) is 4.75. The number of nitrogens with zero attached hydrogens (tertiary/aromatic N) is 2. The van der Waals surface area contributed by atoms with Gasteiger partial charge in [0.05, 0.1) is 6.04 Å². The van der Waals surface area contributed by atoms with Gasteiger partial charge in [-0.3, -0.25) is 14.5 Å². The van der Waals surface area contributed by atoms with Crippen LogP contribution in [0, 0.1) is 13.8 Å². The van der Waals surface area contributed by atoms with E-state index in [4.69, 9.17) is 0 Å². The molecular weight excluding hydrogens is 400 g/mol. The summed E-state index contributed by atoms with van der Waals surface area (Å²) in [7, 11) is 2.01. The number of fused-ring (bicyclic) bond motifs is 1. The van der Waals surface area contributed by atoms with Crippen LogP contribution < -0.4 is 10.6 Å². The summed E-state index contributed by atoms with van der Waals surface area (Å²) < 4.78 is 2.08. The van der Waals surface area contributed by atoms with Crippen LogP contribution in [-0.4, -0.2) is 34.4 Å². The molecule has 0 spiro atoms. The zero-order valence-electron chi connectivity index (χ0n) is 18.9. The third-order valence-electron chi connectivity index (χ3n) is 6.23. The minimum atomic E-state index is -0.645. The first kappa shape index (κ1) is 21.8. The van der Waals surface area contributed by atoms with E-state index in [-0.39, 0.29) is 6.04 Å². The molecule has 1 aliphatic heterocycles. The van der Waals surface area contributed by atoms with E-state index in [1.165, 1.54) is 11.1 Å². The zero-order chi connectivity index (χ0) is 22.7. The van der Waals surface area contributed by atoms with Gasteiger partial charge in [0.15, 0.2) is 0 Å². The van der Waals surface area contributed by atoms with Crippen LogP contribution in [0.5, 0.6) is 0 Å². The van der Waals surface area contributed by atoms with E-state index in [2.05, 4.69) is 50.4 Å². The lowest BCUT2D eigenvalue weighted by Gasteiger charge is -2.36. The molecule has 0 fully saturated rings. The average Bonchev–Trinajstić information content (AvgIpc) is 3.21.